The van der Waals surface area contributed by atoms with Crippen molar-refractivity contribution in [2.45, 2.75) is 105 Å². The Kier molecular flexibility index (Phi) is 10.4. The minimum Gasteiger partial charge on any atom is -0.452 e. The summed E-state index contributed by atoms with van der Waals surface area (Å²) in [6.45, 7) is 27.6. The lowest BCUT2D eigenvalue weighted by molar-refractivity contribution is 0.586. The number of hydrogen-bond acceptors (Lipinski definition) is 4. The van der Waals surface area contributed by atoms with Crippen LogP contribution in [-0.2, 0) is 21.7 Å². The molecule has 0 amide bonds. The molecule has 350 valence electrons. The SMILES string of the molecule is CC(C)(C)c1ccccc1N(c1ccc2cc3c(cc2c1)oc1c3ccc2c3cc4ccc(N(c5ccccc5C(C)(C)C)c5ccccc5C(C)(C)C)cc4cc3oc21)c1ccccc1C(C)(C)C. The summed E-state index contributed by atoms with van der Waals surface area (Å²) < 4.78 is 13.8. The molecule has 11 rings (SSSR count). The number of fused-ring (bicyclic) bond motifs is 9. The molecule has 0 saturated carbocycles. The molecule has 9 aromatic carbocycles. The maximum Gasteiger partial charge on any atom is 0.178 e. The fourth-order valence-corrected chi connectivity index (χ4v) is 10.8. The molecule has 11 aromatic rings. The van der Waals surface area contributed by atoms with Gasteiger partial charge in [0.1, 0.15) is 11.2 Å². The van der Waals surface area contributed by atoms with E-state index in [0.717, 1.165) is 76.8 Å². The summed E-state index contributed by atoms with van der Waals surface area (Å²) in [6, 6.07) is 62.5. The highest BCUT2D eigenvalue weighted by molar-refractivity contribution is 6.21. The van der Waals surface area contributed by atoms with E-state index in [1.807, 2.05) is 0 Å². The number of nitrogens with zero attached hydrogens (tertiary/aromatic N) is 2. The van der Waals surface area contributed by atoms with Crippen LogP contribution in [0.4, 0.5) is 34.1 Å². The van der Waals surface area contributed by atoms with Gasteiger partial charge in [0, 0.05) is 55.7 Å². The summed E-state index contributed by atoms with van der Waals surface area (Å²) in [7, 11) is 0. The van der Waals surface area contributed by atoms with Crippen molar-refractivity contribution in [1.29, 1.82) is 0 Å². The molecule has 0 aliphatic rings. The predicted octanol–water partition coefficient (Wildman–Crippen LogP) is 19.9. The topological polar surface area (TPSA) is 32.8 Å². The van der Waals surface area contributed by atoms with E-state index in [4.69, 9.17) is 8.83 Å². The molecule has 0 spiro atoms. The van der Waals surface area contributed by atoms with Crippen LogP contribution in [0.3, 0.4) is 0 Å². The molecule has 0 atom stereocenters. The van der Waals surface area contributed by atoms with Crippen LogP contribution in [0, 0.1) is 0 Å². The van der Waals surface area contributed by atoms with Crippen LogP contribution in [0.1, 0.15) is 105 Å². The van der Waals surface area contributed by atoms with Crippen LogP contribution in [0.25, 0.3) is 65.4 Å². The van der Waals surface area contributed by atoms with Crippen molar-refractivity contribution in [3.8, 4) is 0 Å². The van der Waals surface area contributed by atoms with Gasteiger partial charge in [0.2, 0.25) is 0 Å². The van der Waals surface area contributed by atoms with E-state index < -0.39 is 0 Å². The molecule has 0 bridgehead atoms. The average Bonchev–Trinajstić information content (AvgIpc) is 3.87. The van der Waals surface area contributed by atoms with Gasteiger partial charge in [-0.25, -0.2) is 0 Å². The first kappa shape index (κ1) is 45.2. The minimum absolute atomic E-state index is 0.0701. The van der Waals surface area contributed by atoms with Crippen molar-refractivity contribution in [3.63, 3.8) is 0 Å². The molecule has 4 nitrogen and oxygen atoms in total. The van der Waals surface area contributed by atoms with Gasteiger partial charge in [-0.15, -0.1) is 0 Å². The molecular weight excluding hydrogens is 853 g/mol. The smallest absolute Gasteiger partial charge is 0.178 e. The van der Waals surface area contributed by atoms with E-state index >= 15 is 0 Å². The Bertz CT molecular complexity index is 3470. The third-order valence-corrected chi connectivity index (χ3v) is 14.3. The summed E-state index contributed by atoms with van der Waals surface area (Å²) in [6.07, 6.45) is 0. The number of furan rings is 2. The van der Waals surface area contributed by atoms with Crippen molar-refractivity contribution in [2.75, 3.05) is 9.80 Å². The summed E-state index contributed by atoms with van der Waals surface area (Å²) in [5, 5.41) is 8.78. The summed E-state index contributed by atoms with van der Waals surface area (Å²) in [5.41, 5.74) is 15.0. The summed E-state index contributed by atoms with van der Waals surface area (Å²) >= 11 is 0. The Labute approximate surface area is 413 Å². The van der Waals surface area contributed by atoms with Crippen LogP contribution in [0.15, 0.2) is 179 Å². The van der Waals surface area contributed by atoms with Gasteiger partial charge in [-0.3, -0.25) is 0 Å². The molecule has 0 aliphatic heterocycles. The minimum atomic E-state index is -0.0701. The van der Waals surface area contributed by atoms with Gasteiger partial charge >= 0.3 is 0 Å². The van der Waals surface area contributed by atoms with E-state index in [9.17, 15) is 0 Å². The summed E-state index contributed by atoms with van der Waals surface area (Å²) in [4.78, 5) is 4.92. The standard InChI is InChI=1S/C66H64N2O2/c1-63(2,3)51-21-13-17-25-55(51)67(56-26-18-14-22-52(56)64(4,5)6)45-31-29-41-37-49-47-33-34-48-50-38-42-30-32-46(36-44(42)40-60(50)70-62(48)61(47)69-59(49)39-43(41)35-45)68(57-27-19-15-23-53(57)65(7,8)9)58-28-20-16-24-54(58)66(10,11)12/h13-40H,1-12H3. The lowest BCUT2D eigenvalue weighted by Crippen LogP contribution is -2.22. The molecule has 0 unspecified atom stereocenters. The third-order valence-electron chi connectivity index (χ3n) is 14.3. The second kappa shape index (κ2) is 16.1. The second-order valence-corrected chi connectivity index (χ2v) is 23.5. The number of rotatable bonds is 6. The van der Waals surface area contributed by atoms with E-state index in [0.29, 0.717) is 0 Å². The number of para-hydroxylation sites is 4. The second-order valence-electron chi connectivity index (χ2n) is 23.5. The maximum atomic E-state index is 6.91. The average molecular weight is 917 g/mol. The zero-order valence-corrected chi connectivity index (χ0v) is 42.9. The molecule has 2 aromatic heterocycles. The quantitative estimate of drug-likeness (QED) is 0.166. The van der Waals surface area contributed by atoms with Crippen molar-refractivity contribution in [1.82, 2.24) is 0 Å². The highest BCUT2D eigenvalue weighted by Crippen LogP contribution is 2.49. The van der Waals surface area contributed by atoms with Crippen LogP contribution >= 0.6 is 0 Å². The van der Waals surface area contributed by atoms with E-state index in [2.05, 4.69) is 263 Å². The Morgan fingerprint density at radius 1 is 0.286 bits per heavy atom. The van der Waals surface area contributed by atoms with Crippen LogP contribution in [0.2, 0.25) is 0 Å². The first-order valence-corrected chi connectivity index (χ1v) is 24.9. The molecule has 0 fully saturated rings. The van der Waals surface area contributed by atoms with Gasteiger partial charge in [0.25, 0.3) is 0 Å². The van der Waals surface area contributed by atoms with Crippen molar-refractivity contribution in [2.24, 2.45) is 0 Å². The van der Waals surface area contributed by atoms with Crippen LogP contribution in [-0.4, -0.2) is 0 Å². The highest BCUT2D eigenvalue weighted by atomic mass is 16.4. The Morgan fingerprint density at radius 2 is 0.586 bits per heavy atom. The largest absolute Gasteiger partial charge is 0.452 e. The van der Waals surface area contributed by atoms with Crippen LogP contribution in [0.5, 0.6) is 0 Å². The zero-order valence-electron chi connectivity index (χ0n) is 42.9. The van der Waals surface area contributed by atoms with E-state index in [-0.39, 0.29) is 21.7 Å². The molecule has 4 heteroatoms. The fraction of sp³-hybridized carbons (Fsp3) is 0.242. The van der Waals surface area contributed by atoms with Gasteiger partial charge in [0.05, 0.1) is 0 Å². The molecule has 70 heavy (non-hydrogen) atoms. The lowest BCUT2D eigenvalue weighted by atomic mass is 9.83. The first-order chi connectivity index (χ1) is 33.2. The van der Waals surface area contributed by atoms with Crippen molar-refractivity contribution < 1.29 is 8.83 Å². The Balaban J connectivity index is 1.05. The Morgan fingerprint density at radius 3 is 0.886 bits per heavy atom. The monoisotopic (exact) mass is 916 g/mol. The fourth-order valence-electron chi connectivity index (χ4n) is 10.8. The van der Waals surface area contributed by atoms with Gasteiger partial charge < -0.3 is 18.6 Å². The van der Waals surface area contributed by atoms with Gasteiger partial charge in [-0.05, 0) is 150 Å². The molecular formula is C66H64N2O2. The van der Waals surface area contributed by atoms with Crippen molar-refractivity contribution >= 4 is 99.5 Å². The number of hydrogen-bond donors (Lipinski definition) is 0. The molecule has 0 radical (unpaired) electrons. The first-order valence-electron chi connectivity index (χ1n) is 24.9. The molecule has 0 N–H and O–H groups in total. The normalized spacial score (nSPS) is 12.9. The van der Waals surface area contributed by atoms with Crippen LogP contribution < -0.4 is 9.80 Å². The zero-order chi connectivity index (χ0) is 49.1. The number of anilines is 6. The van der Waals surface area contributed by atoms with Gasteiger partial charge in [0.15, 0.2) is 11.2 Å². The molecule has 2 heterocycles. The van der Waals surface area contributed by atoms with Gasteiger partial charge in [-0.1, -0.05) is 168 Å². The van der Waals surface area contributed by atoms with Gasteiger partial charge in [-0.2, -0.15) is 0 Å². The molecule has 0 saturated heterocycles. The highest BCUT2D eigenvalue weighted by Gasteiger charge is 2.30. The lowest BCUT2D eigenvalue weighted by Gasteiger charge is -2.35. The predicted molar refractivity (Wildman–Crippen MR) is 300 cm³/mol. The molecule has 0 aliphatic carbocycles. The third kappa shape index (κ3) is 7.69. The maximum absolute atomic E-state index is 6.91. The van der Waals surface area contributed by atoms with E-state index in [1.54, 1.807) is 0 Å². The van der Waals surface area contributed by atoms with E-state index in [1.165, 1.54) is 45.0 Å². The summed E-state index contributed by atoms with van der Waals surface area (Å²) in [5.74, 6) is 0. The van der Waals surface area contributed by atoms with Crippen molar-refractivity contribution in [3.05, 3.63) is 192 Å². The Hall–Kier alpha value is -7.30. The number of benzene rings is 9.